The summed E-state index contributed by atoms with van der Waals surface area (Å²) in [7, 11) is 1.59. The number of nitrogens with one attached hydrogen (secondary N) is 1. The van der Waals surface area contributed by atoms with Crippen molar-refractivity contribution in [3.8, 4) is 5.75 Å². The van der Waals surface area contributed by atoms with Crippen molar-refractivity contribution in [2.75, 3.05) is 23.9 Å². The maximum atomic E-state index is 12.3. The summed E-state index contributed by atoms with van der Waals surface area (Å²) in [6, 6.07) is 7.23. The van der Waals surface area contributed by atoms with Crippen molar-refractivity contribution in [1.82, 2.24) is 9.97 Å². The molecule has 2 aromatic heterocycles. The van der Waals surface area contributed by atoms with Gasteiger partial charge < -0.3 is 20.5 Å². The van der Waals surface area contributed by atoms with Gasteiger partial charge in [-0.25, -0.2) is 9.97 Å². The van der Waals surface area contributed by atoms with E-state index < -0.39 is 0 Å². The number of amides is 1. The van der Waals surface area contributed by atoms with Crippen molar-refractivity contribution in [3.63, 3.8) is 0 Å². The number of carbonyl (C=O) groups is 1. The third kappa shape index (κ3) is 4.38. The highest BCUT2D eigenvalue weighted by atomic mass is 32.2. The summed E-state index contributed by atoms with van der Waals surface area (Å²) in [5.41, 5.74) is 8.19. The molecule has 158 valence electrons. The molecular formula is C21H24N4O3S2. The zero-order valence-electron chi connectivity index (χ0n) is 17.1. The van der Waals surface area contributed by atoms with E-state index in [0.29, 0.717) is 34.9 Å². The zero-order chi connectivity index (χ0) is 21.3. The summed E-state index contributed by atoms with van der Waals surface area (Å²) in [5, 5.41) is 4.29. The predicted octanol–water partition coefficient (Wildman–Crippen LogP) is 4.11. The van der Waals surface area contributed by atoms with Gasteiger partial charge in [-0.05, 0) is 23.6 Å². The lowest BCUT2D eigenvalue weighted by Gasteiger charge is -2.26. The molecular weight excluding hydrogens is 420 g/mol. The first-order valence-corrected chi connectivity index (χ1v) is 11.5. The van der Waals surface area contributed by atoms with Gasteiger partial charge in [-0.3, -0.25) is 4.79 Å². The van der Waals surface area contributed by atoms with E-state index >= 15 is 0 Å². The minimum absolute atomic E-state index is 0.144. The van der Waals surface area contributed by atoms with Crippen LogP contribution in [0.25, 0.3) is 10.2 Å². The highest BCUT2D eigenvalue weighted by molar-refractivity contribution is 7.99. The molecule has 7 nitrogen and oxygen atoms in total. The summed E-state index contributed by atoms with van der Waals surface area (Å²) >= 11 is 2.87. The number of hydrogen-bond acceptors (Lipinski definition) is 8. The van der Waals surface area contributed by atoms with E-state index in [4.69, 9.17) is 15.2 Å². The Hall–Kier alpha value is -2.36. The number of benzene rings is 1. The fourth-order valence-corrected chi connectivity index (χ4v) is 5.25. The number of ether oxygens (including phenoxy) is 2. The maximum Gasteiger partial charge on any atom is 0.234 e. The summed E-state index contributed by atoms with van der Waals surface area (Å²) in [4.78, 5) is 23.5. The topological polar surface area (TPSA) is 99.4 Å². The number of nitrogens with two attached hydrogens (primary N) is 1. The fourth-order valence-electron chi connectivity index (χ4n) is 3.41. The van der Waals surface area contributed by atoms with Crippen LogP contribution in [0, 0.1) is 5.92 Å². The predicted molar refractivity (Wildman–Crippen MR) is 121 cm³/mol. The molecule has 0 radical (unpaired) electrons. The average molecular weight is 445 g/mol. The third-order valence-corrected chi connectivity index (χ3v) is 6.95. The van der Waals surface area contributed by atoms with Crippen LogP contribution in [-0.4, -0.2) is 34.8 Å². The Morgan fingerprint density at radius 2 is 2.27 bits per heavy atom. The van der Waals surface area contributed by atoms with Crippen LogP contribution in [0.5, 0.6) is 5.75 Å². The molecule has 0 bridgehead atoms. The molecule has 0 fully saturated rings. The zero-order valence-corrected chi connectivity index (χ0v) is 18.7. The van der Waals surface area contributed by atoms with Crippen LogP contribution in [-0.2, 0) is 22.6 Å². The van der Waals surface area contributed by atoms with Gasteiger partial charge in [-0.2, -0.15) is 0 Å². The quantitative estimate of drug-likeness (QED) is 0.436. The second kappa shape index (κ2) is 8.79. The number of fused-ring (bicyclic) bond motifs is 3. The first-order chi connectivity index (χ1) is 14.4. The highest BCUT2D eigenvalue weighted by Gasteiger charge is 2.27. The molecule has 0 spiro atoms. The Balaban J connectivity index is 1.47. The molecule has 1 atom stereocenters. The average Bonchev–Trinajstić information content (AvgIpc) is 3.10. The number of nitrogen functional groups attached to an aromatic ring is 1. The summed E-state index contributed by atoms with van der Waals surface area (Å²) < 4.78 is 11.1. The molecule has 3 aromatic rings. The first kappa shape index (κ1) is 20.9. The van der Waals surface area contributed by atoms with Gasteiger partial charge in [0, 0.05) is 23.1 Å². The van der Waals surface area contributed by atoms with E-state index in [0.717, 1.165) is 16.6 Å². The standard InChI is InChI=1S/C21H24N4O3S2/c1-11(2)15-8-14-16(9-28-15)30-20-18(14)19(22)24-21(25-20)29-10-17(26)23-12-5-4-6-13(7-12)27-3/h4-7,11,15H,8-10H2,1-3H3,(H,23,26)(H2,22,24,25). The molecule has 1 unspecified atom stereocenters. The van der Waals surface area contributed by atoms with E-state index in [1.807, 2.05) is 18.2 Å². The number of nitrogens with zero attached hydrogens (tertiary/aromatic N) is 2. The molecule has 4 rings (SSSR count). The normalized spacial score (nSPS) is 15.9. The fraction of sp³-hybridized carbons (Fsp3) is 0.381. The van der Waals surface area contributed by atoms with Crippen molar-refractivity contribution in [2.24, 2.45) is 5.92 Å². The van der Waals surface area contributed by atoms with Crippen LogP contribution >= 0.6 is 23.1 Å². The minimum Gasteiger partial charge on any atom is -0.497 e. The second-order valence-corrected chi connectivity index (χ2v) is 9.47. The molecule has 0 saturated heterocycles. The van der Waals surface area contributed by atoms with Crippen LogP contribution in [0.3, 0.4) is 0 Å². The molecule has 1 aromatic carbocycles. The van der Waals surface area contributed by atoms with Crippen LogP contribution in [0.4, 0.5) is 11.5 Å². The molecule has 30 heavy (non-hydrogen) atoms. The Morgan fingerprint density at radius 3 is 3.03 bits per heavy atom. The Labute approximate surface area is 183 Å². The van der Waals surface area contributed by atoms with Crippen LogP contribution in [0.2, 0.25) is 0 Å². The van der Waals surface area contributed by atoms with E-state index in [1.165, 1.54) is 22.2 Å². The number of rotatable bonds is 6. The van der Waals surface area contributed by atoms with Gasteiger partial charge in [-0.1, -0.05) is 31.7 Å². The van der Waals surface area contributed by atoms with Crippen molar-refractivity contribution in [3.05, 3.63) is 34.7 Å². The second-order valence-electron chi connectivity index (χ2n) is 7.44. The number of aromatic nitrogens is 2. The lowest BCUT2D eigenvalue weighted by atomic mass is 9.96. The summed E-state index contributed by atoms with van der Waals surface area (Å²) in [5.74, 6) is 1.64. The lowest BCUT2D eigenvalue weighted by molar-refractivity contribution is -0.113. The molecule has 1 aliphatic heterocycles. The molecule has 1 amide bonds. The van der Waals surface area contributed by atoms with E-state index in [-0.39, 0.29) is 17.8 Å². The van der Waals surface area contributed by atoms with Crippen molar-refractivity contribution in [2.45, 2.75) is 38.1 Å². The van der Waals surface area contributed by atoms with Crippen LogP contribution < -0.4 is 15.8 Å². The largest absolute Gasteiger partial charge is 0.497 e. The molecule has 3 N–H and O–H groups in total. The van der Waals surface area contributed by atoms with Gasteiger partial charge in [-0.15, -0.1) is 11.3 Å². The van der Waals surface area contributed by atoms with Gasteiger partial charge >= 0.3 is 0 Å². The van der Waals surface area contributed by atoms with Crippen LogP contribution in [0.1, 0.15) is 24.3 Å². The van der Waals surface area contributed by atoms with Gasteiger partial charge in [0.05, 0.1) is 31.0 Å². The van der Waals surface area contributed by atoms with Crippen molar-refractivity contribution < 1.29 is 14.3 Å². The summed E-state index contributed by atoms with van der Waals surface area (Å²) in [6.45, 7) is 4.91. The molecule has 1 aliphatic rings. The minimum atomic E-state index is -0.144. The maximum absolute atomic E-state index is 12.3. The van der Waals surface area contributed by atoms with Crippen molar-refractivity contribution >= 4 is 50.7 Å². The Kier molecular flexibility index (Phi) is 6.12. The monoisotopic (exact) mass is 444 g/mol. The van der Waals surface area contributed by atoms with E-state index in [2.05, 4.69) is 29.1 Å². The number of thiophene rings is 1. The lowest BCUT2D eigenvalue weighted by Crippen LogP contribution is -2.26. The van der Waals surface area contributed by atoms with E-state index in [1.54, 1.807) is 24.5 Å². The molecule has 0 saturated carbocycles. The highest BCUT2D eigenvalue weighted by Crippen LogP contribution is 2.39. The van der Waals surface area contributed by atoms with Gasteiger partial charge in [0.25, 0.3) is 0 Å². The van der Waals surface area contributed by atoms with Crippen molar-refractivity contribution in [1.29, 1.82) is 0 Å². The van der Waals surface area contributed by atoms with E-state index in [9.17, 15) is 4.79 Å². The first-order valence-electron chi connectivity index (χ1n) is 9.70. The summed E-state index contributed by atoms with van der Waals surface area (Å²) in [6.07, 6.45) is 1.01. The van der Waals surface area contributed by atoms with Gasteiger partial charge in [0.2, 0.25) is 5.91 Å². The number of anilines is 2. The number of thioether (sulfide) groups is 1. The van der Waals surface area contributed by atoms with Gasteiger partial charge in [0.1, 0.15) is 16.4 Å². The smallest absolute Gasteiger partial charge is 0.234 e. The number of carbonyl (C=O) groups excluding carboxylic acids is 1. The SMILES string of the molecule is COc1cccc(NC(=O)CSc2nc(N)c3c4c(sc3n2)COC(C(C)C)C4)c1. The Morgan fingerprint density at radius 1 is 1.43 bits per heavy atom. The third-order valence-electron chi connectivity index (χ3n) is 5.00. The van der Waals surface area contributed by atoms with Crippen LogP contribution in [0.15, 0.2) is 29.4 Å². The molecule has 3 heterocycles. The number of hydrogen-bond donors (Lipinski definition) is 2. The van der Waals surface area contributed by atoms with Gasteiger partial charge in [0.15, 0.2) is 5.16 Å². The molecule has 0 aliphatic carbocycles. The Bertz CT molecular complexity index is 1080. The number of methoxy groups -OCH3 is 1. The molecule has 9 heteroatoms.